The van der Waals surface area contributed by atoms with E-state index in [9.17, 15) is 4.79 Å². The third-order valence-corrected chi connectivity index (χ3v) is 1.49. The third kappa shape index (κ3) is 2.12. The highest BCUT2D eigenvalue weighted by Crippen LogP contribution is 2.01. The molecule has 0 saturated carbocycles. The molecule has 0 aromatic carbocycles. The van der Waals surface area contributed by atoms with Crippen LogP contribution in [-0.4, -0.2) is 41.5 Å². The molecule has 6 nitrogen and oxygen atoms in total. The van der Waals surface area contributed by atoms with Crippen molar-refractivity contribution in [1.29, 1.82) is 0 Å². The average molecular weight is 160 g/mol. The number of nitrogens with one attached hydrogen (secondary N) is 2. The fraction of sp³-hybridized carbons (Fsp3) is 0.800. The molecule has 3 N–H and O–H groups in total. The summed E-state index contributed by atoms with van der Waals surface area (Å²) in [5.74, 6) is -0.813. The first-order valence-corrected chi connectivity index (χ1v) is 3.30. The first-order chi connectivity index (χ1) is 5.09. The van der Waals surface area contributed by atoms with E-state index in [-0.39, 0.29) is 12.6 Å². The van der Waals surface area contributed by atoms with E-state index in [2.05, 4.69) is 11.0 Å². The lowest BCUT2D eigenvalue weighted by Gasteiger charge is -2.13. The Labute approximate surface area is 64.7 Å². The maximum absolute atomic E-state index is 10.3. The maximum atomic E-state index is 10.3. The number of aliphatic carboxylic acids is 1. The number of hydrogen-bond donors (Lipinski definition) is 3. The normalized spacial score (nSPS) is 27.6. The summed E-state index contributed by atoms with van der Waals surface area (Å²) in [5, 5.41) is 11.8. The van der Waals surface area contributed by atoms with Crippen molar-refractivity contribution in [3.63, 3.8) is 0 Å². The summed E-state index contributed by atoms with van der Waals surface area (Å²) in [6.45, 7) is 0. The number of carbonyl (C=O) groups is 1. The van der Waals surface area contributed by atoms with E-state index in [4.69, 9.17) is 5.11 Å². The molecule has 0 bridgehead atoms. The Morgan fingerprint density at radius 3 is 2.64 bits per heavy atom. The number of rotatable bonds is 2. The number of carboxylic acids is 1. The van der Waals surface area contributed by atoms with Crippen LogP contribution in [0.25, 0.3) is 0 Å². The molecule has 0 aromatic rings. The number of carboxylic acid groups (broad SMARTS) is 1. The second kappa shape index (κ2) is 3.14. The summed E-state index contributed by atoms with van der Waals surface area (Å²) >= 11 is 0. The van der Waals surface area contributed by atoms with Gasteiger partial charge in [0.2, 0.25) is 0 Å². The van der Waals surface area contributed by atoms with E-state index in [1.807, 2.05) is 0 Å². The maximum Gasteiger partial charge on any atom is 0.306 e. The van der Waals surface area contributed by atoms with Gasteiger partial charge >= 0.3 is 5.97 Å². The van der Waals surface area contributed by atoms with Crippen molar-refractivity contribution in [2.75, 3.05) is 14.1 Å². The minimum Gasteiger partial charge on any atom is -0.481 e. The standard InChI is InChI=1S/C5H12N4O2/c1-8-4(3-5(10)11)6-9(2)7-8/h4,6-7H,3H2,1-2H3,(H,10,11). The number of hydrogen-bond acceptors (Lipinski definition) is 5. The van der Waals surface area contributed by atoms with Crippen LogP contribution < -0.4 is 11.0 Å². The number of nitrogens with zero attached hydrogens (tertiary/aromatic N) is 2. The zero-order chi connectivity index (χ0) is 8.43. The van der Waals surface area contributed by atoms with Gasteiger partial charge in [-0.3, -0.25) is 4.79 Å². The molecule has 0 spiro atoms. The van der Waals surface area contributed by atoms with Crippen LogP contribution in [0.15, 0.2) is 0 Å². The largest absolute Gasteiger partial charge is 0.481 e. The van der Waals surface area contributed by atoms with Gasteiger partial charge in [0, 0.05) is 14.1 Å². The molecule has 1 rings (SSSR count). The van der Waals surface area contributed by atoms with Gasteiger partial charge in [-0.2, -0.15) is 10.7 Å². The van der Waals surface area contributed by atoms with Crippen LogP contribution in [0.1, 0.15) is 6.42 Å². The van der Waals surface area contributed by atoms with Crippen LogP contribution >= 0.6 is 0 Å². The van der Waals surface area contributed by atoms with Crippen LogP contribution in [0.4, 0.5) is 0 Å². The van der Waals surface area contributed by atoms with Gasteiger partial charge in [-0.1, -0.05) is 0 Å². The van der Waals surface area contributed by atoms with Crippen molar-refractivity contribution in [3.05, 3.63) is 0 Å². The fourth-order valence-corrected chi connectivity index (χ4v) is 0.993. The second-order valence-electron chi connectivity index (χ2n) is 2.51. The predicted molar refractivity (Wildman–Crippen MR) is 37.8 cm³/mol. The van der Waals surface area contributed by atoms with E-state index >= 15 is 0 Å². The third-order valence-electron chi connectivity index (χ3n) is 1.49. The average Bonchev–Trinajstić information content (AvgIpc) is 2.09. The Bertz CT molecular complexity index is 163. The highest BCUT2D eigenvalue weighted by molar-refractivity contribution is 5.67. The summed E-state index contributed by atoms with van der Waals surface area (Å²) in [5.41, 5.74) is 5.77. The Hall–Kier alpha value is -0.690. The van der Waals surface area contributed by atoms with E-state index in [1.54, 1.807) is 24.2 Å². The Kier molecular flexibility index (Phi) is 2.40. The van der Waals surface area contributed by atoms with Crippen molar-refractivity contribution in [3.8, 4) is 0 Å². The lowest BCUT2D eigenvalue weighted by Crippen LogP contribution is -2.37. The summed E-state index contributed by atoms with van der Waals surface area (Å²) < 4.78 is 0. The fourth-order valence-electron chi connectivity index (χ4n) is 0.993. The Balaban J connectivity index is 2.40. The topological polar surface area (TPSA) is 67.8 Å². The Morgan fingerprint density at radius 2 is 2.27 bits per heavy atom. The molecule has 1 saturated heterocycles. The first-order valence-electron chi connectivity index (χ1n) is 3.30. The van der Waals surface area contributed by atoms with E-state index in [0.29, 0.717) is 0 Å². The molecule has 11 heavy (non-hydrogen) atoms. The van der Waals surface area contributed by atoms with Crippen LogP contribution in [0.3, 0.4) is 0 Å². The zero-order valence-corrected chi connectivity index (χ0v) is 6.53. The first kappa shape index (κ1) is 8.41. The lowest BCUT2D eigenvalue weighted by molar-refractivity contribution is -0.138. The summed E-state index contributed by atoms with van der Waals surface area (Å²) in [6, 6.07) is 0. The van der Waals surface area contributed by atoms with Gasteiger partial charge in [0.05, 0.1) is 12.6 Å². The summed E-state index contributed by atoms with van der Waals surface area (Å²) in [7, 11) is 3.56. The van der Waals surface area contributed by atoms with E-state index in [0.717, 1.165) is 0 Å². The molecule has 0 aliphatic carbocycles. The van der Waals surface area contributed by atoms with Crippen molar-refractivity contribution in [2.45, 2.75) is 12.6 Å². The van der Waals surface area contributed by atoms with Crippen LogP contribution in [0.2, 0.25) is 0 Å². The van der Waals surface area contributed by atoms with Crippen LogP contribution in [0.5, 0.6) is 0 Å². The van der Waals surface area contributed by atoms with Gasteiger partial charge < -0.3 is 5.11 Å². The van der Waals surface area contributed by atoms with Crippen molar-refractivity contribution in [2.24, 2.45) is 0 Å². The van der Waals surface area contributed by atoms with Gasteiger partial charge in [0.15, 0.2) is 0 Å². The lowest BCUT2D eigenvalue weighted by atomic mass is 10.3. The van der Waals surface area contributed by atoms with Gasteiger partial charge in [0.1, 0.15) is 0 Å². The Morgan fingerprint density at radius 1 is 1.64 bits per heavy atom. The smallest absolute Gasteiger partial charge is 0.306 e. The molecule has 1 heterocycles. The minimum absolute atomic E-state index is 0.0772. The van der Waals surface area contributed by atoms with Gasteiger partial charge in [-0.25, -0.2) is 10.4 Å². The van der Waals surface area contributed by atoms with Crippen molar-refractivity contribution in [1.82, 2.24) is 21.1 Å². The molecule has 6 heteroatoms. The van der Waals surface area contributed by atoms with Crippen molar-refractivity contribution >= 4 is 5.97 Å². The molecule has 1 fully saturated rings. The van der Waals surface area contributed by atoms with Gasteiger partial charge in [-0.05, 0) is 0 Å². The van der Waals surface area contributed by atoms with Gasteiger partial charge in [0.25, 0.3) is 0 Å². The zero-order valence-electron chi connectivity index (χ0n) is 6.53. The van der Waals surface area contributed by atoms with E-state index < -0.39 is 5.97 Å². The van der Waals surface area contributed by atoms with Crippen molar-refractivity contribution < 1.29 is 9.90 Å². The summed E-state index contributed by atoms with van der Waals surface area (Å²) in [6.07, 6.45) is -0.0918. The number of hydrazine groups is 3. The highest BCUT2D eigenvalue weighted by atomic mass is 16.4. The summed E-state index contributed by atoms with van der Waals surface area (Å²) in [4.78, 5) is 10.3. The second-order valence-corrected chi connectivity index (χ2v) is 2.51. The minimum atomic E-state index is -0.813. The van der Waals surface area contributed by atoms with E-state index in [1.165, 1.54) is 0 Å². The molecule has 1 unspecified atom stereocenters. The highest BCUT2D eigenvalue weighted by Gasteiger charge is 2.25. The molecular formula is C5H12N4O2. The monoisotopic (exact) mass is 160 g/mol. The van der Waals surface area contributed by atoms with Crippen LogP contribution in [0, 0.1) is 0 Å². The predicted octanol–water partition coefficient (Wildman–Crippen LogP) is -1.41. The molecule has 1 atom stereocenters. The SMILES string of the molecule is CN1NC(CC(=O)O)N(C)N1. The molecule has 1 aliphatic rings. The molecule has 0 radical (unpaired) electrons. The molecular weight excluding hydrogens is 148 g/mol. The quantitative estimate of drug-likeness (QED) is 0.461. The molecule has 0 aromatic heterocycles. The van der Waals surface area contributed by atoms with Gasteiger partial charge in [-0.15, -0.1) is 0 Å². The molecule has 64 valence electrons. The van der Waals surface area contributed by atoms with Crippen LogP contribution in [-0.2, 0) is 4.79 Å². The molecule has 0 amide bonds. The molecule has 1 aliphatic heterocycles.